The lowest BCUT2D eigenvalue weighted by Crippen LogP contribution is -2.64. The molecule has 4 aromatic rings. The van der Waals surface area contributed by atoms with Crippen LogP contribution in [0.15, 0.2) is 109 Å². The van der Waals surface area contributed by atoms with Crippen molar-refractivity contribution in [3.8, 4) is 0 Å². The molecule has 14 heteroatoms. The zero-order valence-electron chi connectivity index (χ0n) is 32.1. The smallest absolute Gasteiger partial charge is 0.417 e. The maximum absolute atomic E-state index is 14.2. The van der Waals surface area contributed by atoms with Crippen LogP contribution >= 0.6 is 0 Å². The Balaban J connectivity index is 1.84. The van der Waals surface area contributed by atoms with Gasteiger partial charge in [-0.15, -0.1) is 0 Å². The van der Waals surface area contributed by atoms with Crippen LogP contribution in [0.3, 0.4) is 0 Å². The first-order valence-corrected chi connectivity index (χ1v) is 18.5. The van der Waals surface area contributed by atoms with Crippen molar-refractivity contribution in [1.82, 2.24) is 19.8 Å². The number of nitrogens with two attached hydrogens (primary N) is 2. The van der Waals surface area contributed by atoms with Crippen LogP contribution in [0.5, 0.6) is 0 Å². The third-order valence-corrected chi connectivity index (χ3v) is 9.39. The normalized spacial score (nSPS) is 14.5. The van der Waals surface area contributed by atoms with E-state index in [0.717, 1.165) is 9.80 Å². The molecule has 0 aliphatic heterocycles. The van der Waals surface area contributed by atoms with E-state index in [0.29, 0.717) is 22.5 Å². The molecule has 0 fully saturated rings. The number of hydrogen-bond acceptors (Lipinski definition) is 12. The van der Waals surface area contributed by atoms with Gasteiger partial charge < -0.3 is 31.2 Å². The molecular formula is C42H52N6O8. The summed E-state index contributed by atoms with van der Waals surface area (Å²) in [7, 11) is 0. The van der Waals surface area contributed by atoms with Crippen LogP contribution in [-0.4, -0.2) is 90.4 Å². The Labute approximate surface area is 327 Å². The van der Waals surface area contributed by atoms with Crippen LogP contribution in [0.25, 0.3) is 0 Å². The number of imide groups is 2. The largest absolute Gasteiger partial charge is 0.443 e. The minimum atomic E-state index is -2.00. The van der Waals surface area contributed by atoms with Crippen molar-refractivity contribution in [3.05, 3.63) is 132 Å². The predicted octanol–water partition coefficient (Wildman–Crippen LogP) is 4.02. The maximum atomic E-state index is 14.2. The van der Waals surface area contributed by atoms with Crippen molar-refractivity contribution in [3.63, 3.8) is 0 Å². The third-order valence-electron chi connectivity index (χ3n) is 9.39. The van der Waals surface area contributed by atoms with E-state index in [1.807, 2.05) is 0 Å². The summed E-state index contributed by atoms with van der Waals surface area (Å²) in [5.41, 5.74) is 14.7. The molecule has 4 rings (SSSR count). The Morgan fingerprint density at radius 1 is 0.571 bits per heavy atom. The van der Waals surface area contributed by atoms with Crippen molar-refractivity contribution < 1.29 is 38.9 Å². The summed E-state index contributed by atoms with van der Waals surface area (Å²) in [6, 6.07) is 22.0. The van der Waals surface area contributed by atoms with E-state index in [4.69, 9.17) is 20.9 Å². The van der Waals surface area contributed by atoms with Gasteiger partial charge in [0.15, 0.2) is 0 Å². The number of ether oxygens (including phenoxy) is 2. The number of amides is 4. The van der Waals surface area contributed by atoms with Gasteiger partial charge in [0.1, 0.15) is 25.4 Å². The highest BCUT2D eigenvalue weighted by atomic mass is 16.6. The second-order valence-corrected chi connectivity index (χ2v) is 14.2. The Morgan fingerprint density at radius 2 is 0.911 bits per heavy atom. The van der Waals surface area contributed by atoms with Gasteiger partial charge in [0, 0.05) is 12.4 Å². The van der Waals surface area contributed by atoms with Crippen molar-refractivity contribution in [2.24, 2.45) is 23.3 Å². The first-order valence-electron chi connectivity index (χ1n) is 18.5. The summed E-state index contributed by atoms with van der Waals surface area (Å²) >= 11 is 0. The quantitative estimate of drug-likeness (QED) is 0.120. The van der Waals surface area contributed by atoms with Crippen molar-refractivity contribution in [2.75, 3.05) is 0 Å². The van der Waals surface area contributed by atoms with Gasteiger partial charge in [-0.1, -0.05) is 100 Å². The van der Waals surface area contributed by atoms with Gasteiger partial charge in [-0.2, -0.15) is 0 Å². The number of aliphatic hydroxyl groups is 2. The Hall–Kier alpha value is -5.54. The monoisotopic (exact) mass is 768 g/mol. The Morgan fingerprint density at radius 3 is 1.21 bits per heavy atom. The van der Waals surface area contributed by atoms with E-state index in [2.05, 4.69) is 9.97 Å². The molecule has 0 aliphatic rings. The number of benzene rings is 2. The van der Waals surface area contributed by atoms with Crippen LogP contribution in [0, 0.1) is 11.8 Å². The second-order valence-electron chi connectivity index (χ2n) is 14.2. The molecule has 0 bridgehead atoms. The summed E-state index contributed by atoms with van der Waals surface area (Å²) in [5.74, 6) is -2.64. The lowest BCUT2D eigenvalue weighted by atomic mass is 9.88. The van der Waals surface area contributed by atoms with Crippen LogP contribution in [0.4, 0.5) is 9.59 Å². The first-order chi connectivity index (χ1) is 26.8. The predicted molar refractivity (Wildman–Crippen MR) is 208 cm³/mol. The fraction of sp³-hybridized carbons (Fsp3) is 0.381. The molecule has 0 saturated heterocycles. The second kappa shape index (κ2) is 20.9. The van der Waals surface area contributed by atoms with Gasteiger partial charge >= 0.3 is 12.2 Å². The average molecular weight is 769 g/mol. The molecule has 4 amide bonds. The van der Waals surface area contributed by atoms with Crippen LogP contribution in [0.1, 0.15) is 50.2 Å². The van der Waals surface area contributed by atoms with E-state index in [1.165, 1.54) is 12.4 Å². The fourth-order valence-corrected chi connectivity index (χ4v) is 5.94. The number of rotatable bonds is 17. The molecule has 14 nitrogen and oxygen atoms in total. The van der Waals surface area contributed by atoms with Gasteiger partial charge in [0.05, 0.1) is 35.6 Å². The average Bonchev–Trinajstić information content (AvgIpc) is 3.21. The van der Waals surface area contributed by atoms with E-state index < -0.39 is 72.2 Å². The Bertz CT molecular complexity index is 1700. The van der Waals surface area contributed by atoms with Gasteiger partial charge in [-0.3, -0.25) is 19.6 Å². The molecule has 56 heavy (non-hydrogen) atoms. The number of aromatic nitrogens is 2. The third kappa shape index (κ3) is 11.7. The number of nitrogens with zero attached hydrogens (tertiary/aromatic N) is 4. The number of hydrogen-bond donors (Lipinski definition) is 4. The number of carbonyl (C=O) groups is 4. The molecule has 6 N–H and O–H groups in total. The minimum absolute atomic E-state index is 0.171. The van der Waals surface area contributed by atoms with E-state index in [1.54, 1.807) is 125 Å². The zero-order chi connectivity index (χ0) is 40.8. The molecular weight excluding hydrogens is 716 g/mol. The number of carbonyl (C=O) groups excluding carboxylic acids is 4. The Kier molecular flexibility index (Phi) is 16.2. The van der Waals surface area contributed by atoms with E-state index in [-0.39, 0.29) is 26.1 Å². The highest BCUT2D eigenvalue weighted by Crippen LogP contribution is 2.26. The molecule has 6 atom stereocenters. The number of aliphatic hydroxyl groups excluding tert-OH is 2. The molecule has 0 spiro atoms. The molecule has 0 aliphatic carbocycles. The van der Waals surface area contributed by atoms with Crippen molar-refractivity contribution in [2.45, 2.75) is 90.1 Å². The molecule has 0 radical (unpaired) electrons. The summed E-state index contributed by atoms with van der Waals surface area (Å²) in [4.78, 5) is 66.4. The van der Waals surface area contributed by atoms with Crippen LogP contribution < -0.4 is 11.5 Å². The fourth-order valence-electron chi connectivity index (χ4n) is 5.94. The summed E-state index contributed by atoms with van der Waals surface area (Å²) in [5, 5.41) is 24.8. The van der Waals surface area contributed by atoms with Crippen molar-refractivity contribution >= 4 is 24.0 Å². The summed E-state index contributed by atoms with van der Waals surface area (Å²) < 4.78 is 11.2. The summed E-state index contributed by atoms with van der Waals surface area (Å²) in [6.07, 6.45) is -3.59. The minimum Gasteiger partial charge on any atom is -0.443 e. The van der Waals surface area contributed by atoms with E-state index >= 15 is 0 Å². The number of pyridine rings is 2. The molecule has 0 unspecified atom stereocenters. The lowest BCUT2D eigenvalue weighted by Gasteiger charge is -2.41. The topological polar surface area (TPSA) is 212 Å². The first kappa shape index (κ1) is 43.2. The molecule has 2 heterocycles. The maximum Gasteiger partial charge on any atom is 0.417 e. The molecule has 298 valence electrons. The molecule has 2 aromatic heterocycles. The molecule has 2 aromatic carbocycles. The lowest BCUT2D eigenvalue weighted by molar-refractivity contribution is -0.145. The van der Waals surface area contributed by atoms with Gasteiger partial charge in [0.2, 0.25) is 11.8 Å². The SMILES string of the molecule is CC(C)[C@H](N)C(=O)N(C(=O)OCc1ccccn1)[C@@H](Cc1ccccc1)[C@H](O)[C@@H](O)[C@H](Cc1ccccc1)N(C(=O)OCc1ccccn1)C(=O)[C@@H](N)C(C)C. The summed E-state index contributed by atoms with van der Waals surface area (Å²) in [6.45, 7) is 6.17. The van der Waals surface area contributed by atoms with Crippen molar-refractivity contribution in [1.29, 1.82) is 0 Å². The van der Waals surface area contributed by atoms with Gasteiger partial charge in [-0.05, 0) is 60.1 Å². The van der Waals surface area contributed by atoms with Gasteiger partial charge in [-0.25, -0.2) is 19.4 Å². The molecule has 0 saturated carbocycles. The van der Waals surface area contributed by atoms with E-state index in [9.17, 15) is 29.4 Å². The standard InChI is InChI=1S/C42H52N6O8/c1-27(2)35(43)39(51)47(41(53)55-25-31-19-11-13-21-45-31)33(23-29-15-7-5-8-16-29)37(49)38(50)34(24-30-17-9-6-10-18-30)48(40(52)36(44)28(3)4)42(54)56-26-32-20-12-14-22-46-32/h5-22,27-28,33-38,49-50H,23-26,43-44H2,1-4H3/t33-,34-,35-,36-,37-,38-/m0/s1. The van der Waals surface area contributed by atoms with Gasteiger partial charge in [0.25, 0.3) is 0 Å². The highest BCUT2D eigenvalue weighted by molar-refractivity contribution is 5.96. The zero-order valence-corrected chi connectivity index (χ0v) is 32.1. The van der Waals surface area contributed by atoms with Crippen LogP contribution in [-0.2, 0) is 45.1 Å². The van der Waals surface area contributed by atoms with Crippen LogP contribution in [0.2, 0.25) is 0 Å². The highest BCUT2D eigenvalue weighted by Gasteiger charge is 2.47.